The lowest BCUT2D eigenvalue weighted by atomic mass is 9.82. The molecule has 0 amide bonds. The fourth-order valence-corrected chi connectivity index (χ4v) is 3.93. The number of hydrogen-bond acceptors (Lipinski definition) is 1. The molecule has 1 aliphatic carbocycles. The van der Waals surface area contributed by atoms with Crippen LogP contribution in [0.2, 0.25) is 0 Å². The first-order chi connectivity index (χ1) is 9.29. The fourth-order valence-electron chi connectivity index (χ4n) is 3.70. The van der Waals surface area contributed by atoms with E-state index in [4.69, 9.17) is 0 Å². The zero-order valence-corrected chi connectivity index (χ0v) is 14.1. The minimum Gasteiger partial charge on any atom is -0.255 e. The van der Waals surface area contributed by atoms with E-state index in [1.807, 2.05) is 12.3 Å². The summed E-state index contributed by atoms with van der Waals surface area (Å²) in [5.41, 5.74) is 5.72. The number of fused-ring (bicyclic) bond motifs is 1. The summed E-state index contributed by atoms with van der Waals surface area (Å²) in [6.45, 7) is 9.38. The summed E-state index contributed by atoms with van der Waals surface area (Å²) in [5.74, 6) is 0. The van der Waals surface area contributed by atoms with Gasteiger partial charge in [0.1, 0.15) is 0 Å². The van der Waals surface area contributed by atoms with E-state index in [2.05, 4.69) is 72.9 Å². The van der Waals surface area contributed by atoms with Crippen LogP contribution >= 0.6 is 15.9 Å². The molecule has 0 spiro atoms. The normalized spacial score (nSPS) is 18.9. The van der Waals surface area contributed by atoms with Gasteiger partial charge in [-0.1, -0.05) is 39.8 Å². The monoisotopic (exact) mass is 329 g/mol. The van der Waals surface area contributed by atoms with Gasteiger partial charge in [0.15, 0.2) is 0 Å². The Morgan fingerprint density at radius 3 is 2.30 bits per heavy atom. The van der Waals surface area contributed by atoms with Crippen molar-refractivity contribution in [2.45, 2.75) is 44.9 Å². The fraction of sp³-hybridized carbons (Fsp3) is 0.389. The van der Waals surface area contributed by atoms with Crippen LogP contribution in [0.3, 0.4) is 0 Å². The summed E-state index contributed by atoms with van der Waals surface area (Å²) >= 11 is 3.44. The van der Waals surface area contributed by atoms with Crippen molar-refractivity contribution < 1.29 is 0 Å². The van der Waals surface area contributed by atoms with Gasteiger partial charge in [-0.15, -0.1) is 0 Å². The lowest BCUT2D eigenvalue weighted by Crippen LogP contribution is -2.17. The van der Waals surface area contributed by atoms with Crippen molar-refractivity contribution in [2.24, 2.45) is 0 Å². The molecule has 20 heavy (non-hydrogen) atoms. The van der Waals surface area contributed by atoms with Crippen molar-refractivity contribution in [3.05, 3.63) is 52.1 Å². The van der Waals surface area contributed by atoms with Gasteiger partial charge >= 0.3 is 0 Å². The Morgan fingerprint density at radius 2 is 1.65 bits per heavy atom. The van der Waals surface area contributed by atoms with Crippen LogP contribution in [0.15, 0.2) is 41.0 Å². The molecule has 0 fully saturated rings. The van der Waals surface area contributed by atoms with Gasteiger partial charge in [0.25, 0.3) is 0 Å². The smallest absolute Gasteiger partial charge is 0.0702 e. The molecule has 1 aromatic heterocycles. The van der Waals surface area contributed by atoms with Crippen LogP contribution in [0.4, 0.5) is 0 Å². The van der Waals surface area contributed by atoms with E-state index in [-0.39, 0.29) is 10.8 Å². The average molecular weight is 330 g/mol. The highest BCUT2D eigenvalue weighted by Crippen LogP contribution is 2.49. The van der Waals surface area contributed by atoms with E-state index in [9.17, 15) is 0 Å². The maximum Gasteiger partial charge on any atom is 0.0702 e. The van der Waals surface area contributed by atoms with Crippen molar-refractivity contribution in [1.82, 2.24) is 4.98 Å². The van der Waals surface area contributed by atoms with Crippen molar-refractivity contribution in [2.75, 3.05) is 0 Å². The van der Waals surface area contributed by atoms with Crippen LogP contribution in [0.1, 0.15) is 45.2 Å². The van der Waals surface area contributed by atoms with Gasteiger partial charge in [0, 0.05) is 16.2 Å². The minimum absolute atomic E-state index is 0.240. The highest BCUT2D eigenvalue weighted by atomic mass is 79.9. The number of halogens is 1. The van der Waals surface area contributed by atoms with Crippen LogP contribution < -0.4 is 0 Å². The van der Waals surface area contributed by atoms with Gasteiger partial charge in [-0.3, -0.25) is 4.98 Å². The molecule has 0 N–H and O–H groups in total. The first-order valence-electron chi connectivity index (χ1n) is 7.07. The second kappa shape index (κ2) is 4.42. The Labute approximate surface area is 129 Å². The van der Waals surface area contributed by atoms with Gasteiger partial charge in [0.2, 0.25) is 0 Å². The molecule has 2 aromatic rings. The maximum atomic E-state index is 4.51. The Balaban J connectivity index is 2.12. The summed E-state index contributed by atoms with van der Waals surface area (Å²) < 4.78 is 1.02. The van der Waals surface area contributed by atoms with Crippen molar-refractivity contribution >= 4 is 15.9 Å². The number of benzene rings is 1. The van der Waals surface area contributed by atoms with Crippen molar-refractivity contribution in [3.8, 4) is 11.3 Å². The van der Waals surface area contributed by atoms with Crippen LogP contribution in [0.5, 0.6) is 0 Å². The van der Waals surface area contributed by atoms with Crippen LogP contribution in [-0.4, -0.2) is 4.98 Å². The standard InChI is InChI=1S/C18H20BrN/c1-17(2)11-18(3,4)15-9-12(5-7-14(15)17)16-8-6-13(19)10-20-16/h5-10H,11H2,1-4H3. The molecular weight excluding hydrogens is 310 g/mol. The summed E-state index contributed by atoms with van der Waals surface area (Å²) in [6.07, 6.45) is 3.06. The zero-order chi connectivity index (χ0) is 14.5. The van der Waals surface area contributed by atoms with E-state index in [0.717, 1.165) is 10.2 Å². The molecule has 0 unspecified atom stereocenters. The summed E-state index contributed by atoms with van der Waals surface area (Å²) in [7, 11) is 0. The van der Waals surface area contributed by atoms with E-state index in [1.54, 1.807) is 0 Å². The predicted octanol–water partition coefficient (Wildman–Crippen LogP) is 5.47. The SMILES string of the molecule is CC1(C)CC(C)(C)c2cc(-c3ccc(Br)cn3)ccc21. The Morgan fingerprint density at radius 1 is 0.950 bits per heavy atom. The number of pyridine rings is 1. The molecular formula is C18H20BrN. The second-order valence-corrected chi connectivity index (χ2v) is 7.98. The number of rotatable bonds is 1. The number of hydrogen-bond donors (Lipinski definition) is 0. The van der Waals surface area contributed by atoms with Crippen molar-refractivity contribution in [1.29, 1.82) is 0 Å². The lowest BCUT2D eigenvalue weighted by molar-refractivity contribution is 0.403. The third-order valence-corrected chi connectivity index (χ3v) is 4.85. The van der Waals surface area contributed by atoms with Gasteiger partial charge < -0.3 is 0 Å². The lowest BCUT2D eigenvalue weighted by Gasteiger charge is -2.22. The minimum atomic E-state index is 0.240. The topological polar surface area (TPSA) is 12.9 Å². The molecule has 0 bridgehead atoms. The Kier molecular flexibility index (Phi) is 3.06. The largest absolute Gasteiger partial charge is 0.255 e. The molecule has 0 saturated heterocycles. The molecule has 0 radical (unpaired) electrons. The van der Waals surface area contributed by atoms with Crippen LogP contribution in [-0.2, 0) is 10.8 Å². The Bertz CT molecular complexity index is 654. The van der Waals surface area contributed by atoms with E-state index in [1.165, 1.54) is 23.1 Å². The molecule has 1 aliphatic rings. The molecule has 0 atom stereocenters. The molecule has 104 valence electrons. The first-order valence-corrected chi connectivity index (χ1v) is 7.86. The molecule has 1 aromatic carbocycles. The molecule has 0 saturated carbocycles. The maximum absolute atomic E-state index is 4.51. The third kappa shape index (κ3) is 2.20. The van der Waals surface area contributed by atoms with Crippen LogP contribution in [0, 0.1) is 0 Å². The van der Waals surface area contributed by atoms with Crippen molar-refractivity contribution in [3.63, 3.8) is 0 Å². The van der Waals surface area contributed by atoms with Gasteiger partial charge in [0.05, 0.1) is 5.69 Å². The third-order valence-electron chi connectivity index (χ3n) is 4.38. The number of nitrogens with zero attached hydrogens (tertiary/aromatic N) is 1. The average Bonchev–Trinajstić information content (AvgIpc) is 2.56. The summed E-state index contributed by atoms with van der Waals surface area (Å²) in [6, 6.07) is 10.9. The van der Waals surface area contributed by atoms with Gasteiger partial charge in [-0.05, 0) is 62.5 Å². The van der Waals surface area contributed by atoms with Gasteiger partial charge in [-0.2, -0.15) is 0 Å². The van der Waals surface area contributed by atoms with Crippen LogP contribution in [0.25, 0.3) is 11.3 Å². The molecule has 0 aliphatic heterocycles. The molecule has 2 heteroatoms. The second-order valence-electron chi connectivity index (χ2n) is 7.07. The predicted molar refractivity (Wildman–Crippen MR) is 88.0 cm³/mol. The zero-order valence-electron chi connectivity index (χ0n) is 12.5. The number of aromatic nitrogens is 1. The highest BCUT2D eigenvalue weighted by molar-refractivity contribution is 9.10. The molecule has 3 rings (SSSR count). The summed E-state index contributed by atoms with van der Waals surface area (Å²) in [4.78, 5) is 4.51. The van der Waals surface area contributed by atoms with E-state index < -0.39 is 0 Å². The quantitative estimate of drug-likeness (QED) is 0.676. The summed E-state index contributed by atoms with van der Waals surface area (Å²) in [5, 5.41) is 0. The van der Waals surface area contributed by atoms with Gasteiger partial charge in [-0.25, -0.2) is 0 Å². The van der Waals surface area contributed by atoms with E-state index in [0.29, 0.717) is 0 Å². The molecule has 1 nitrogen and oxygen atoms in total. The Hall–Kier alpha value is -1.15. The first kappa shape index (κ1) is 13.8. The van der Waals surface area contributed by atoms with E-state index >= 15 is 0 Å². The molecule has 1 heterocycles. The highest BCUT2D eigenvalue weighted by Gasteiger charge is 2.41.